The molecule has 0 bridgehead atoms. The highest BCUT2D eigenvalue weighted by Crippen LogP contribution is 2.16. The van der Waals surface area contributed by atoms with Crippen LogP contribution in [0, 0.1) is 0 Å². The fraction of sp³-hybridized carbons (Fsp3) is 0.714. The number of hydrogen-bond acceptors (Lipinski definition) is 3. The summed E-state index contributed by atoms with van der Waals surface area (Å²) >= 11 is 0. The summed E-state index contributed by atoms with van der Waals surface area (Å²) in [6.07, 6.45) is 6.03. The number of hydrogen-bond donors (Lipinski definition) is 0. The van der Waals surface area contributed by atoms with Crippen molar-refractivity contribution in [2.45, 2.75) is 52.1 Å². The summed E-state index contributed by atoms with van der Waals surface area (Å²) in [5.41, 5.74) is 1.08. The molecule has 4 heteroatoms. The summed E-state index contributed by atoms with van der Waals surface area (Å²) < 4.78 is 2.07. The summed E-state index contributed by atoms with van der Waals surface area (Å²) in [6.45, 7) is 6.80. The van der Waals surface area contributed by atoms with Gasteiger partial charge in [0.2, 0.25) is 0 Å². The number of aromatic nitrogens is 2. The van der Waals surface area contributed by atoms with E-state index in [-0.39, 0.29) is 0 Å². The average molecular weight is 249 g/mol. The molecule has 2 rings (SSSR count). The van der Waals surface area contributed by atoms with Gasteiger partial charge in [-0.05, 0) is 31.9 Å². The Morgan fingerprint density at radius 2 is 2.17 bits per heavy atom. The highest BCUT2D eigenvalue weighted by Gasteiger charge is 2.18. The van der Waals surface area contributed by atoms with E-state index in [0.29, 0.717) is 18.4 Å². The fourth-order valence-electron chi connectivity index (χ4n) is 2.60. The monoisotopic (exact) mass is 249 g/mol. The maximum absolute atomic E-state index is 11.4. The van der Waals surface area contributed by atoms with Crippen LogP contribution in [-0.4, -0.2) is 33.6 Å². The minimum atomic E-state index is 0.362. The van der Waals surface area contributed by atoms with Crippen LogP contribution in [0.2, 0.25) is 0 Å². The van der Waals surface area contributed by atoms with Gasteiger partial charge in [0.05, 0.1) is 18.3 Å². The Labute approximate surface area is 109 Å². The van der Waals surface area contributed by atoms with Gasteiger partial charge in [0, 0.05) is 19.2 Å². The van der Waals surface area contributed by atoms with Crippen molar-refractivity contribution in [3.8, 4) is 0 Å². The third-order valence-electron chi connectivity index (χ3n) is 3.70. The summed E-state index contributed by atoms with van der Waals surface area (Å²) in [4.78, 5) is 13.6. The van der Waals surface area contributed by atoms with Crippen molar-refractivity contribution < 1.29 is 4.79 Å². The van der Waals surface area contributed by atoms with Crippen molar-refractivity contribution in [1.82, 2.24) is 14.7 Å². The molecule has 0 spiro atoms. The van der Waals surface area contributed by atoms with E-state index in [4.69, 9.17) is 0 Å². The maximum Gasteiger partial charge on any atom is 0.146 e. The van der Waals surface area contributed by atoms with Crippen LogP contribution in [0.25, 0.3) is 0 Å². The average Bonchev–Trinajstić information content (AvgIpc) is 2.79. The second-order valence-corrected chi connectivity index (χ2v) is 5.11. The van der Waals surface area contributed by atoms with E-state index in [1.165, 1.54) is 0 Å². The lowest BCUT2D eigenvalue weighted by atomic mass is 10.1. The first-order valence-electron chi connectivity index (χ1n) is 7.01. The molecule has 1 aromatic rings. The molecule has 0 amide bonds. The zero-order valence-electron chi connectivity index (χ0n) is 11.4. The van der Waals surface area contributed by atoms with Crippen LogP contribution in [0.4, 0.5) is 0 Å². The summed E-state index contributed by atoms with van der Waals surface area (Å²) in [5.74, 6) is 0.362. The molecular formula is C14H23N3O. The van der Waals surface area contributed by atoms with Crippen LogP contribution in [0.3, 0.4) is 0 Å². The van der Waals surface area contributed by atoms with Crippen molar-refractivity contribution in [2.24, 2.45) is 0 Å². The van der Waals surface area contributed by atoms with Gasteiger partial charge >= 0.3 is 0 Å². The van der Waals surface area contributed by atoms with Crippen LogP contribution >= 0.6 is 0 Å². The molecule has 2 heterocycles. The Morgan fingerprint density at radius 3 is 2.83 bits per heavy atom. The first-order chi connectivity index (χ1) is 8.72. The van der Waals surface area contributed by atoms with Gasteiger partial charge in [-0.2, -0.15) is 5.10 Å². The van der Waals surface area contributed by atoms with Crippen molar-refractivity contribution in [3.05, 3.63) is 18.0 Å². The van der Waals surface area contributed by atoms with Crippen molar-refractivity contribution in [2.75, 3.05) is 13.1 Å². The van der Waals surface area contributed by atoms with E-state index in [1.807, 2.05) is 0 Å². The summed E-state index contributed by atoms with van der Waals surface area (Å²) in [5, 5.41) is 4.64. The number of likely N-dealkylation sites (tertiary alicyclic amines) is 1. The van der Waals surface area contributed by atoms with E-state index in [0.717, 1.165) is 44.5 Å². The first-order valence-corrected chi connectivity index (χ1v) is 7.01. The topological polar surface area (TPSA) is 38.1 Å². The van der Waals surface area contributed by atoms with E-state index in [1.54, 1.807) is 0 Å². The van der Waals surface area contributed by atoms with E-state index in [2.05, 4.69) is 40.8 Å². The van der Waals surface area contributed by atoms with Gasteiger partial charge in [-0.1, -0.05) is 13.8 Å². The third-order valence-corrected chi connectivity index (χ3v) is 3.70. The second-order valence-electron chi connectivity index (χ2n) is 5.11. The molecule has 1 aliphatic heterocycles. The first kappa shape index (κ1) is 13.3. The molecule has 0 unspecified atom stereocenters. The van der Waals surface area contributed by atoms with Gasteiger partial charge in [0.25, 0.3) is 0 Å². The minimum Gasteiger partial charge on any atom is -0.298 e. The molecule has 18 heavy (non-hydrogen) atoms. The lowest BCUT2D eigenvalue weighted by Crippen LogP contribution is -2.35. The quantitative estimate of drug-likeness (QED) is 0.804. The lowest BCUT2D eigenvalue weighted by molar-refractivity contribution is -0.122. The Kier molecular flexibility index (Phi) is 4.53. The number of Topliss-reactive ketones (excluding diaryl/α,β-unsaturated/α-hetero) is 1. The second kappa shape index (κ2) is 6.14. The van der Waals surface area contributed by atoms with E-state index < -0.39 is 0 Å². The van der Waals surface area contributed by atoms with Crippen LogP contribution in [0.5, 0.6) is 0 Å². The molecular weight excluding hydrogens is 226 g/mol. The Bertz CT molecular complexity index is 395. The molecule has 0 radical (unpaired) electrons. The Hall–Kier alpha value is -1.16. The lowest BCUT2D eigenvalue weighted by Gasteiger charge is -2.24. The Morgan fingerprint density at radius 1 is 1.39 bits per heavy atom. The van der Waals surface area contributed by atoms with Gasteiger partial charge in [-0.25, -0.2) is 0 Å². The molecule has 1 aliphatic rings. The van der Waals surface area contributed by atoms with Gasteiger partial charge < -0.3 is 0 Å². The van der Waals surface area contributed by atoms with Gasteiger partial charge in [0.15, 0.2) is 0 Å². The summed E-state index contributed by atoms with van der Waals surface area (Å²) in [6, 6.07) is 2.58. The minimum absolute atomic E-state index is 0.362. The largest absolute Gasteiger partial charge is 0.298 e. The van der Waals surface area contributed by atoms with Gasteiger partial charge in [0.1, 0.15) is 5.78 Å². The number of rotatable bonds is 5. The molecule has 100 valence electrons. The van der Waals surface area contributed by atoms with Gasteiger partial charge in [-0.15, -0.1) is 0 Å². The highest BCUT2D eigenvalue weighted by atomic mass is 16.1. The number of nitrogens with zero attached hydrogens (tertiary/aromatic N) is 3. The number of carbonyl (C=O) groups is 1. The van der Waals surface area contributed by atoms with Crippen LogP contribution < -0.4 is 0 Å². The predicted molar refractivity (Wildman–Crippen MR) is 71.4 cm³/mol. The summed E-state index contributed by atoms with van der Waals surface area (Å²) in [7, 11) is 0. The number of carbonyl (C=O) groups excluding carboxylic acids is 1. The van der Waals surface area contributed by atoms with Crippen LogP contribution in [-0.2, 0) is 11.3 Å². The smallest absolute Gasteiger partial charge is 0.146 e. The number of ketones is 1. The van der Waals surface area contributed by atoms with E-state index >= 15 is 0 Å². The molecule has 1 fully saturated rings. The zero-order valence-corrected chi connectivity index (χ0v) is 11.4. The SMILES string of the molecule is CCC(CC)n1ccc(CN2CCCC(=O)C2)n1. The van der Waals surface area contributed by atoms with E-state index in [9.17, 15) is 4.79 Å². The predicted octanol–water partition coefficient (Wildman–Crippen LogP) is 2.41. The zero-order chi connectivity index (χ0) is 13.0. The normalized spacial score (nSPS) is 17.6. The van der Waals surface area contributed by atoms with Crippen LogP contribution in [0.15, 0.2) is 12.3 Å². The number of piperidine rings is 1. The van der Waals surface area contributed by atoms with Crippen molar-refractivity contribution in [1.29, 1.82) is 0 Å². The third kappa shape index (κ3) is 3.19. The molecule has 0 saturated carbocycles. The molecule has 0 atom stereocenters. The Balaban J connectivity index is 1.95. The van der Waals surface area contributed by atoms with Crippen molar-refractivity contribution in [3.63, 3.8) is 0 Å². The molecule has 4 nitrogen and oxygen atoms in total. The van der Waals surface area contributed by atoms with Crippen molar-refractivity contribution >= 4 is 5.78 Å². The van der Waals surface area contributed by atoms with Crippen LogP contribution in [0.1, 0.15) is 51.3 Å². The fourth-order valence-corrected chi connectivity index (χ4v) is 2.60. The van der Waals surface area contributed by atoms with Gasteiger partial charge in [-0.3, -0.25) is 14.4 Å². The molecule has 0 aromatic carbocycles. The molecule has 0 N–H and O–H groups in total. The molecule has 0 aliphatic carbocycles. The molecule has 1 saturated heterocycles. The highest BCUT2D eigenvalue weighted by molar-refractivity contribution is 5.81. The standard InChI is InChI=1S/C14H23N3O/c1-3-13(4-2)17-9-7-12(15-17)10-16-8-5-6-14(18)11-16/h7,9,13H,3-6,8,10-11H2,1-2H3. The maximum atomic E-state index is 11.4. The molecule has 1 aromatic heterocycles.